The number of nitriles is 1. The lowest BCUT2D eigenvalue weighted by Gasteiger charge is -2.34. The van der Waals surface area contributed by atoms with E-state index in [9.17, 15) is 0 Å². The van der Waals surface area contributed by atoms with Crippen LogP contribution in [0, 0.1) is 17.2 Å². The Kier molecular flexibility index (Phi) is 4.03. The number of piperidine rings is 1. The van der Waals surface area contributed by atoms with Gasteiger partial charge in [-0.05, 0) is 43.5 Å². The van der Waals surface area contributed by atoms with Gasteiger partial charge >= 0.3 is 0 Å². The molecule has 1 unspecified atom stereocenters. The summed E-state index contributed by atoms with van der Waals surface area (Å²) in [5.41, 5.74) is 7.51. The van der Waals surface area contributed by atoms with Crippen molar-refractivity contribution in [1.29, 1.82) is 5.26 Å². The summed E-state index contributed by atoms with van der Waals surface area (Å²) in [6, 6.07) is 8.06. The van der Waals surface area contributed by atoms with E-state index in [2.05, 4.69) is 26.9 Å². The molecule has 2 N–H and O–H groups in total. The van der Waals surface area contributed by atoms with E-state index in [0.29, 0.717) is 5.92 Å². The number of hydrogen-bond donors (Lipinski definition) is 1. The molecule has 0 amide bonds. The average Bonchev–Trinajstić information content (AvgIpc) is 2.39. The van der Waals surface area contributed by atoms with E-state index >= 15 is 0 Å². The van der Waals surface area contributed by atoms with Gasteiger partial charge in [-0.1, -0.05) is 15.9 Å². The predicted octanol–water partition coefficient (Wildman–Crippen LogP) is 2.50. The Bertz CT molecular complexity index is 439. The minimum atomic E-state index is 0.550. The number of nitrogens with two attached hydrogens (primary N) is 1. The van der Waals surface area contributed by atoms with Crippen molar-refractivity contribution in [3.8, 4) is 6.07 Å². The molecule has 1 heterocycles. The molecule has 1 aliphatic rings. The maximum atomic E-state index is 9.15. The van der Waals surface area contributed by atoms with Crippen molar-refractivity contribution in [2.24, 2.45) is 11.7 Å². The summed E-state index contributed by atoms with van der Waals surface area (Å²) in [5.74, 6) is 0.550. The second-order valence-corrected chi connectivity index (χ2v) is 5.38. The van der Waals surface area contributed by atoms with Crippen molar-refractivity contribution in [3.63, 3.8) is 0 Å². The number of halogens is 1. The Balaban J connectivity index is 2.27. The number of nitrogens with zero attached hydrogens (tertiary/aromatic N) is 2. The maximum Gasteiger partial charge on any atom is 0.101 e. The molecule has 1 aromatic rings. The van der Waals surface area contributed by atoms with Gasteiger partial charge in [-0.15, -0.1) is 0 Å². The maximum absolute atomic E-state index is 9.15. The topological polar surface area (TPSA) is 53.0 Å². The van der Waals surface area contributed by atoms with E-state index in [1.54, 1.807) is 0 Å². The largest absolute Gasteiger partial charge is 0.370 e. The molecule has 1 fully saturated rings. The lowest BCUT2D eigenvalue weighted by atomic mass is 9.97. The Hall–Kier alpha value is -1.05. The van der Waals surface area contributed by atoms with Crippen molar-refractivity contribution in [2.45, 2.75) is 12.8 Å². The second-order valence-electron chi connectivity index (χ2n) is 4.46. The van der Waals surface area contributed by atoms with Crippen molar-refractivity contribution >= 4 is 21.6 Å². The van der Waals surface area contributed by atoms with Gasteiger partial charge in [0.15, 0.2) is 0 Å². The SMILES string of the molecule is N#Cc1ccc(Br)cc1N1CCCC(CN)C1. The van der Waals surface area contributed by atoms with E-state index in [4.69, 9.17) is 11.0 Å². The number of hydrogen-bond acceptors (Lipinski definition) is 3. The third kappa shape index (κ3) is 2.80. The minimum Gasteiger partial charge on any atom is -0.370 e. The van der Waals surface area contributed by atoms with Crippen LogP contribution in [-0.2, 0) is 0 Å². The van der Waals surface area contributed by atoms with Crippen molar-refractivity contribution in [3.05, 3.63) is 28.2 Å². The molecular formula is C13H16BrN3. The zero-order valence-corrected chi connectivity index (χ0v) is 11.3. The van der Waals surface area contributed by atoms with Crippen LogP contribution in [0.1, 0.15) is 18.4 Å². The van der Waals surface area contributed by atoms with E-state index in [-0.39, 0.29) is 0 Å². The molecule has 0 aromatic heterocycles. The van der Waals surface area contributed by atoms with Gasteiger partial charge in [0.2, 0.25) is 0 Å². The lowest BCUT2D eigenvalue weighted by Crippen LogP contribution is -2.38. The van der Waals surface area contributed by atoms with Gasteiger partial charge in [-0.25, -0.2) is 0 Å². The fourth-order valence-corrected chi connectivity index (χ4v) is 2.69. The average molecular weight is 294 g/mol. The van der Waals surface area contributed by atoms with E-state index < -0.39 is 0 Å². The monoisotopic (exact) mass is 293 g/mol. The normalized spacial score (nSPS) is 20.1. The smallest absolute Gasteiger partial charge is 0.101 e. The van der Waals surface area contributed by atoms with Crippen LogP contribution in [0.2, 0.25) is 0 Å². The van der Waals surface area contributed by atoms with Gasteiger partial charge in [0.25, 0.3) is 0 Å². The van der Waals surface area contributed by atoms with Crippen LogP contribution < -0.4 is 10.6 Å². The second kappa shape index (κ2) is 5.52. The molecule has 0 saturated carbocycles. The number of rotatable bonds is 2. The Morgan fingerprint density at radius 3 is 3.06 bits per heavy atom. The van der Waals surface area contributed by atoms with Crippen molar-refractivity contribution in [2.75, 3.05) is 24.5 Å². The summed E-state index contributed by atoms with van der Waals surface area (Å²) in [6.45, 7) is 2.70. The van der Waals surface area contributed by atoms with Gasteiger partial charge in [0, 0.05) is 17.6 Å². The Labute approximate surface area is 110 Å². The van der Waals surface area contributed by atoms with Crippen LogP contribution in [0.4, 0.5) is 5.69 Å². The molecule has 1 atom stereocenters. The summed E-state index contributed by atoms with van der Waals surface area (Å²) in [5, 5.41) is 9.15. The quantitative estimate of drug-likeness (QED) is 0.911. The van der Waals surface area contributed by atoms with E-state index in [0.717, 1.165) is 41.8 Å². The molecule has 0 spiro atoms. The first-order valence-electron chi connectivity index (χ1n) is 5.89. The van der Waals surface area contributed by atoms with Crippen LogP contribution in [0.3, 0.4) is 0 Å². The minimum absolute atomic E-state index is 0.550. The third-order valence-electron chi connectivity index (χ3n) is 3.27. The first kappa shape index (κ1) is 12.4. The van der Waals surface area contributed by atoms with Crippen LogP contribution in [-0.4, -0.2) is 19.6 Å². The zero-order valence-electron chi connectivity index (χ0n) is 9.69. The van der Waals surface area contributed by atoms with Gasteiger partial charge in [0.1, 0.15) is 6.07 Å². The summed E-state index contributed by atoms with van der Waals surface area (Å²) >= 11 is 3.46. The molecular weight excluding hydrogens is 278 g/mol. The fourth-order valence-electron chi connectivity index (χ4n) is 2.34. The molecule has 3 nitrogen and oxygen atoms in total. The zero-order chi connectivity index (χ0) is 12.3. The van der Waals surface area contributed by atoms with Crippen LogP contribution >= 0.6 is 15.9 Å². The summed E-state index contributed by atoms with van der Waals surface area (Å²) in [6.07, 6.45) is 2.35. The predicted molar refractivity (Wildman–Crippen MR) is 72.8 cm³/mol. The summed E-state index contributed by atoms with van der Waals surface area (Å²) < 4.78 is 1.02. The molecule has 0 bridgehead atoms. The number of anilines is 1. The molecule has 0 aliphatic carbocycles. The van der Waals surface area contributed by atoms with E-state index in [1.165, 1.54) is 6.42 Å². The third-order valence-corrected chi connectivity index (χ3v) is 3.77. The number of benzene rings is 1. The molecule has 2 rings (SSSR count). The highest BCUT2D eigenvalue weighted by molar-refractivity contribution is 9.10. The first-order chi connectivity index (χ1) is 8.24. The van der Waals surface area contributed by atoms with E-state index in [1.807, 2.05) is 18.2 Å². The fraction of sp³-hybridized carbons (Fsp3) is 0.462. The van der Waals surface area contributed by atoms with Crippen LogP contribution in [0.15, 0.2) is 22.7 Å². The Morgan fingerprint density at radius 1 is 1.53 bits per heavy atom. The standard InChI is InChI=1S/C13H16BrN3/c14-12-4-3-11(8-16)13(6-12)17-5-1-2-10(7-15)9-17/h3-4,6,10H,1-2,5,7,9,15H2. The molecule has 1 aromatic carbocycles. The summed E-state index contributed by atoms with van der Waals surface area (Å²) in [7, 11) is 0. The van der Waals surface area contributed by atoms with Crippen LogP contribution in [0.5, 0.6) is 0 Å². The molecule has 1 aliphatic heterocycles. The van der Waals surface area contributed by atoms with Crippen LogP contribution in [0.25, 0.3) is 0 Å². The van der Waals surface area contributed by atoms with Gasteiger partial charge in [-0.2, -0.15) is 5.26 Å². The molecule has 4 heteroatoms. The Morgan fingerprint density at radius 2 is 2.35 bits per heavy atom. The highest BCUT2D eigenvalue weighted by Gasteiger charge is 2.20. The molecule has 17 heavy (non-hydrogen) atoms. The van der Waals surface area contributed by atoms with Gasteiger partial charge in [0.05, 0.1) is 11.3 Å². The van der Waals surface area contributed by atoms with Gasteiger partial charge in [-0.3, -0.25) is 0 Å². The van der Waals surface area contributed by atoms with Gasteiger partial charge < -0.3 is 10.6 Å². The molecule has 0 radical (unpaired) electrons. The van der Waals surface area contributed by atoms with Crippen molar-refractivity contribution in [1.82, 2.24) is 0 Å². The highest BCUT2D eigenvalue weighted by Crippen LogP contribution is 2.28. The highest BCUT2D eigenvalue weighted by atomic mass is 79.9. The molecule has 1 saturated heterocycles. The summed E-state index contributed by atoms with van der Waals surface area (Å²) in [4.78, 5) is 2.28. The first-order valence-corrected chi connectivity index (χ1v) is 6.68. The molecule has 90 valence electrons. The lowest BCUT2D eigenvalue weighted by molar-refractivity contribution is 0.423. The van der Waals surface area contributed by atoms with Crippen molar-refractivity contribution < 1.29 is 0 Å².